The second-order valence-electron chi connectivity index (χ2n) is 4.40. The van der Waals surface area contributed by atoms with Crippen molar-refractivity contribution in [1.82, 2.24) is 0 Å². The summed E-state index contributed by atoms with van der Waals surface area (Å²) in [5, 5.41) is 0. The van der Waals surface area contributed by atoms with Crippen molar-refractivity contribution in [3.63, 3.8) is 0 Å². The molecule has 0 radical (unpaired) electrons. The zero-order valence-electron chi connectivity index (χ0n) is 10.7. The molecule has 0 N–H and O–H groups in total. The maximum Gasteiger partial charge on any atom is 0.303 e. The number of rotatable bonds is 4. The van der Waals surface area contributed by atoms with Crippen LogP contribution in [0, 0.1) is 0 Å². The van der Waals surface area contributed by atoms with Gasteiger partial charge in [-0.25, -0.2) is 0 Å². The SMILES string of the molecule is CC(=O)O[C@H]1C=C[C@@H](CC(=O)c2ccccc2)OC1. The third kappa shape index (κ3) is 4.03. The van der Waals surface area contributed by atoms with Crippen molar-refractivity contribution in [2.75, 3.05) is 6.61 Å². The quantitative estimate of drug-likeness (QED) is 0.473. The molecular formula is C15H16O4. The van der Waals surface area contributed by atoms with Crippen molar-refractivity contribution in [3.8, 4) is 0 Å². The summed E-state index contributed by atoms with van der Waals surface area (Å²) in [5.74, 6) is -0.293. The Balaban J connectivity index is 1.88. The summed E-state index contributed by atoms with van der Waals surface area (Å²) in [6, 6.07) is 9.12. The monoisotopic (exact) mass is 260 g/mol. The van der Waals surface area contributed by atoms with Crippen LogP contribution in [-0.4, -0.2) is 30.6 Å². The van der Waals surface area contributed by atoms with Crippen LogP contribution < -0.4 is 0 Å². The van der Waals surface area contributed by atoms with E-state index in [4.69, 9.17) is 9.47 Å². The lowest BCUT2D eigenvalue weighted by molar-refractivity contribution is -0.147. The fourth-order valence-electron chi connectivity index (χ4n) is 1.92. The number of esters is 1. The molecule has 2 rings (SSSR count). The fraction of sp³-hybridized carbons (Fsp3) is 0.333. The minimum absolute atomic E-state index is 0.0428. The Morgan fingerprint density at radius 2 is 2.00 bits per heavy atom. The van der Waals surface area contributed by atoms with E-state index in [0.29, 0.717) is 18.6 Å². The maximum absolute atomic E-state index is 12.0. The van der Waals surface area contributed by atoms with Crippen molar-refractivity contribution >= 4 is 11.8 Å². The second kappa shape index (κ2) is 6.29. The summed E-state index contributed by atoms with van der Waals surface area (Å²) in [4.78, 5) is 22.8. The normalized spacial score (nSPS) is 21.9. The predicted octanol–water partition coefficient (Wildman–Crippen LogP) is 2.15. The lowest BCUT2D eigenvalue weighted by atomic mass is 10.0. The van der Waals surface area contributed by atoms with E-state index in [0.717, 1.165) is 0 Å². The molecule has 1 aromatic rings. The molecule has 0 amide bonds. The minimum atomic E-state index is -0.347. The molecule has 0 saturated carbocycles. The van der Waals surface area contributed by atoms with Gasteiger partial charge in [-0.15, -0.1) is 0 Å². The molecule has 1 aromatic carbocycles. The summed E-state index contributed by atoms with van der Waals surface area (Å²) < 4.78 is 10.5. The fourth-order valence-corrected chi connectivity index (χ4v) is 1.92. The van der Waals surface area contributed by atoms with Gasteiger partial charge in [0, 0.05) is 18.9 Å². The molecule has 1 aliphatic heterocycles. The molecule has 0 fully saturated rings. The second-order valence-corrected chi connectivity index (χ2v) is 4.40. The predicted molar refractivity (Wildman–Crippen MR) is 69.8 cm³/mol. The van der Waals surface area contributed by atoms with Gasteiger partial charge in [0.1, 0.15) is 6.10 Å². The maximum atomic E-state index is 12.0. The number of hydrogen-bond donors (Lipinski definition) is 0. The standard InChI is InChI=1S/C15H16O4/c1-11(16)19-14-8-7-13(18-10-14)9-15(17)12-5-3-2-4-6-12/h2-8,13-14H,9-10H2,1H3/t13-,14-/m0/s1. The van der Waals surface area contributed by atoms with Crippen LogP contribution in [-0.2, 0) is 14.3 Å². The molecule has 0 aromatic heterocycles. The molecule has 0 bridgehead atoms. The highest BCUT2D eigenvalue weighted by Crippen LogP contribution is 2.14. The first kappa shape index (κ1) is 13.5. The van der Waals surface area contributed by atoms with E-state index in [9.17, 15) is 9.59 Å². The topological polar surface area (TPSA) is 52.6 Å². The summed E-state index contributed by atoms with van der Waals surface area (Å²) in [6.45, 7) is 1.65. The average Bonchev–Trinajstić information content (AvgIpc) is 2.41. The van der Waals surface area contributed by atoms with Crippen LogP contribution in [0.25, 0.3) is 0 Å². The van der Waals surface area contributed by atoms with Crippen LogP contribution >= 0.6 is 0 Å². The van der Waals surface area contributed by atoms with Gasteiger partial charge in [-0.3, -0.25) is 9.59 Å². The summed E-state index contributed by atoms with van der Waals surface area (Å²) in [5.41, 5.74) is 0.682. The summed E-state index contributed by atoms with van der Waals surface area (Å²) >= 11 is 0. The van der Waals surface area contributed by atoms with Crippen molar-refractivity contribution < 1.29 is 19.1 Å². The lowest BCUT2D eigenvalue weighted by Gasteiger charge is -2.23. The van der Waals surface area contributed by atoms with Crippen molar-refractivity contribution in [1.29, 1.82) is 0 Å². The number of hydrogen-bond acceptors (Lipinski definition) is 4. The molecule has 0 unspecified atom stereocenters. The van der Waals surface area contributed by atoms with Gasteiger partial charge in [0.15, 0.2) is 5.78 Å². The van der Waals surface area contributed by atoms with Crippen molar-refractivity contribution in [2.45, 2.75) is 25.6 Å². The highest BCUT2D eigenvalue weighted by molar-refractivity contribution is 5.96. The first-order valence-corrected chi connectivity index (χ1v) is 6.20. The molecule has 2 atom stereocenters. The van der Waals surface area contributed by atoms with Crippen LogP contribution in [0.5, 0.6) is 0 Å². The Bertz CT molecular complexity index is 478. The molecule has 0 aliphatic carbocycles. The van der Waals surface area contributed by atoms with Crippen LogP contribution in [0.15, 0.2) is 42.5 Å². The van der Waals surface area contributed by atoms with Crippen LogP contribution in [0.1, 0.15) is 23.7 Å². The molecule has 0 saturated heterocycles. The van der Waals surface area contributed by atoms with Crippen molar-refractivity contribution in [3.05, 3.63) is 48.0 Å². The first-order valence-electron chi connectivity index (χ1n) is 6.20. The van der Waals surface area contributed by atoms with Gasteiger partial charge in [-0.2, -0.15) is 0 Å². The van der Waals surface area contributed by atoms with Crippen LogP contribution in [0.3, 0.4) is 0 Å². The molecular weight excluding hydrogens is 244 g/mol. The van der Waals surface area contributed by atoms with Crippen molar-refractivity contribution in [2.24, 2.45) is 0 Å². The summed E-state index contributed by atoms with van der Waals surface area (Å²) in [6.07, 6.45) is 3.25. The molecule has 4 nitrogen and oxygen atoms in total. The molecule has 4 heteroatoms. The van der Waals surface area contributed by atoms with Gasteiger partial charge in [0.25, 0.3) is 0 Å². The molecule has 100 valence electrons. The van der Waals surface area contributed by atoms with E-state index in [2.05, 4.69) is 0 Å². The number of carbonyl (C=O) groups excluding carboxylic acids is 2. The third-order valence-corrected chi connectivity index (χ3v) is 2.81. The number of ketones is 1. The van der Waals surface area contributed by atoms with Crippen LogP contribution in [0.4, 0.5) is 0 Å². The van der Waals surface area contributed by atoms with E-state index < -0.39 is 0 Å². The van der Waals surface area contributed by atoms with Gasteiger partial charge in [0.05, 0.1) is 12.7 Å². The van der Waals surface area contributed by atoms with Gasteiger partial charge >= 0.3 is 5.97 Å². The van der Waals surface area contributed by atoms with Gasteiger partial charge < -0.3 is 9.47 Å². The number of ether oxygens (including phenoxy) is 2. The van der Waals surface area contributed by atoms with E-state index in [-0.39, 0.29) is 24.0 Å². The lowest BCUT2D eigenvalue weighted by Crippen LogP contribution is -2.29. The van der Waals surface area contributed by atoms with E-state index in [1.165, 1.54) is 6.92 Å². The first-order chi connectivity index (χ1) is 9.15. The van der Waals surface area contributed by atoms with Gasteiger partial charge in [-0.05, 0) is 6.08 Å². The molecule has 19 heavy (non-hydrogen) atoms. The highest BCUT2D eigenvalue weighted by Gasteiger charge is 2.20. The zero-order valence-corrected chi connectivity index (χ0v) is 10.7. The number of carbonyl (C=O) groups is 2. The molecule has 1 heterocycles. The summed E-state index contributed by atoms with van der Waals surface area (Å²) in [7, 11) is 0. The van der Waals surface area contributed by atoms with E-state index in [1.807, 2.05) is 18.2 Å². The molecule has 1 aliphatic rings. The smallest absolute Gasteiger partial charge is 0.303 e. The Morgan fingerprint density at radius 3 is 2.58 bits per heavy atom. The zero-order chi connectivity index (χ0) is 13.7. The Morgan fingerprint density at radius 1 is 1.26 bits per heavy atom. The minimum Gasteiger partial charge on any atom is -0.456 e. The van der Waals surface area contributed by atoms with E-state index in [1.54, 1.807) is 24.3 Å². The number of Topliss-reactive ketones (excluding diaryl/α,β-unsaturated/α-hetero) is 1. The Labute approximate surface area is 112 Å². The van der Waals surface area contributed by atoms with Gasteiger partial charge in [-0.1, -0.05) is 36.4 Å². The van der Waals surface area contributed by atoms with Crippen LogP contribution in [0.2, 0.25) is 0 Å². The third-order valence-electron chi connectivity index (χ3n) is 2.81. The average molecular weight is 260 g/mol. The molecule has 0 spiro atoms. The largest absolute Gasteiger partial charge is 0.456 e. The van der Waals surface area contributed by atoms with E-state index >= 15 is 0 Å². The highest BCUT2D eigenvalue weighted by atomic mass is 16.6. The van der Waals surface area contributed by atoms with Gasteiger partial charge in [0.2, 0.25) is 0 Å². The Kier molecular flexibility index (Phi) is 4.47. The number of benzene rings is 1. The Hall–Kier alpha value is -1.94.